The van der Waals surface area contributed by atoms with Crippen LogP contribution in [0.3, 0.4) is 0 Å². The van der Waals surface area contributed by atoms with Gasteiger partial charge in [-0.2, -0.15) is 0 Å². The number of hydrogen-bond acceptors (Lipinski definition) is 3. The Balaban J connectivity index is 2.36. The number of amides is 1. The number of hydrogen-bond donors (Lipinski definition) is 1. The number of halogens is 1. The Kier molecular flexibility index (Phi) is 3.37. The summed E-state index contributed by atoms with van der Waals surface area (Å²) in [6.07, 6.45) is 1.56. The van der Waals surface area contributed by atoms with Crippen LogP contribution in [0.1, 0.15) is 24.2 Å². The Morgan fingerprint density at radius 1 is 1.52 bits per heavy atom. The maximum atomic E-state index is 12.6. The molecular weight excluding hydrogens is 292 g/mol. The molecule has 1 amide bonds. The lowest BCUT2D eigenvalue weighted by atomic mass is 10.1. The third-order valence-corrected chi connectivity index (χ3v) is 3.81. The molecule has 3 rings (SSSR count). The molecule has 2 heterocycles. The first kappa shape index (κ1) is 13.9. The number of nitrogens with zero attached hydrogens (tertiary/aromatic N) is 1. The molecular formula is C15H15ClN2O3. The van der Waals surface area contributed by atoms with Crippen LogP contribution in [0.4, 0.5) is 0 Å². The summed E-state index contributed by atoms with van der Waals surface area (Å²) in [4.78, 5) is 24.7. The highest BCUT2D eigenvalue weighted by molar-refractivity contribution is 6.35. The van der Waals surface area contributed by atoms with Crippen LogP contribution < -0.4 is 15.5 Å². The number of carbonyl (C=O) groups is 1. The van der Waals surface area contributed by atoms with Gasteiger partial charge in [0.25, 0.3) is 5.91 Å². The third-order valence-electron chi connectivity index (χ3n) is 3.50. The molecule has 0 saturated carbocycles. The fourth-order valence-corrected chi connectivity index (χ4v) is 2.89. The van der Waals surface area contributed by atoms with Crippen molar-refractivity contribution in [1.82, 2.24) is 9.88 Å². The number of ether oxygens (including phenoxy) is 1. The van der Waals surface area contributed by atoms with Crippen molar-refractivity contribution in [2.75, 3.05) is 6.54 Å². The number of pyridine rings is 1. The molecule has 0 bridgehead atoms. The van der Waals surface area contributed by atoms with E-state index < -0.39 is 0 Å². The fourth-order valence-electron chi connectivity index (χ4n) is 2.65. The molecule has 6 heteroatoms. The van der Waals surface area contributed by atoms with E-state index in [0.717, 1.165) is 0 Å². The average Bonchev–Trinajstić information content (AvgIpc) is 2.44. The molecule has 5 nitrogen and oxygen atoms in total. The molecule has 1 aliphatic heterocycles. The molecule has 0 radical (unpaired) electrons. The van der Waals surface area contributed by atoms with Crippen molar-refractivity contribution in [2.45, 2.75) is 26.5 Å². The molecule has 0 fully saturated rings. The van der Waals surface area contributed by atoms with Gasteiger partial charge in [0, 0.05) is 12.7 Å². The number of benzene rings is 1. The molecule has 1 aliphatic rings. The highest BCUT2D eigenvalue weighted by atomic mass is 35.5. The molecule has 0 saturated heterocycles. The van der Waals surface area contributed by atoms with Crippen LogP contribution in [0, 0.1) is 0 Å². The average molecular weight is 307 g/mol. The second-order valence-electron chi connectivity index (χ2n) is 5.08. The Morgan fingerprint density at radius 3 is 3.00 bits per heavy atom. The zero-order chi connectivity index (χ0) is 15.1. The predicted molar refractivity (Wildman–Crippen MR) is 81.3 cm³/mol. The quantitative estimate of drug-likeness (QED) is 0.925. The maximum Gasteiger partial charge on any atom is 0.256 e. The van der Waals surface area contributed by atoms with Crippen molar-refractivity contribution >= 4 is 28.4 Å². The second-order valence-corrected chi connectivity index (χ2v) is 5.49. The summed E-state index contributed by atoms with van der Waals surface area (Å²) >= 11 is 6.18. The van der Waals surface area contributed by atoms with Crippen LogP contribution in [-0.4, -0.2) is 23.1 Å². The first-order chi connectivity index (χ1) is 10.0. The van der Waals surface area contributed by atoms with E-state index in [4.69, 9.17) is 16.3 Å². The fraction of sp³-hybridized carbons (Fsp3) is 0.333. The normalized spacial score (nSPS) is 16.6. The Hall–Kier alpha value is -2.01. The van der Waals surface area contributed by atoms with E-state index in [1.807, 2.05) is 18.4 Å². The van der Waals surface area contributed by atoms with Crippen molar-refractivity contribution < 1.29 is 9.53 Å². The van der Waals surface area contributed by atoms with Crippen molar-refractivity contribution in [2.24, 2.45) is 0 Å². The van der Waals surface area contributed by atoms with Gasteiger partial charge in [-0.05, 0) is 26.0 Å². The molecule has 0 spiro atoms. The van der Waals surface area contributed by atoms with Gasteiger partial charge >= 0.3 is 0 Å². The lowest BCUT2D eigenvalue weighted by molar-refractivity contribution is 0.0953. The van der Waals surface area contributed by atoms with Gasteiger partial charge in [-0.15, -0.1) is 0 Å². The summed E-state index contributed by atoms with van der Waals surface area (Å²) in [6.45, 7) is 4.77. The van der Waals surface area contributed by atoms with Gasteiger partial charge < -0.3 is 14.6 Å². The topological polar surface area (TPSA) is 60.3 Å². The molecule has 21 heavy (non-hydrogen) atoms. The molecule has 2 aromatic rings. The molecule has 1 N–H and O–H groups in total. The van der Waals surface area contributed by atoms with Crippen LogP contribution in [-0.2, 0) is 6.54 Å². The number of nitrogens with one attached hydrogen (secondary N) is 1. The van der Waals surface area contributed by atoms with Gasteiger partial charge in [-0.1, -0.05) is 11.6 Å². The minimum Gasteiger partial charge on any atom is -0.487 e. The van der Waals surface area contributed by atoms with Crippen LogP contribution in [0.2, 0.25) is 5.02 Å². The van der Waals surface area contributed by atoms with Crippen LogP contribution in [0.5, 0.6) is 5.75 Å². The zero-order valence-corrected chi connectivity index (χ0v) is 12.5. The van der Waals surface area contributed by atoms with E-state index in [2.05, 4.69) is 5.32 Å². The summed E-state index contributed by atoms with van der Waals surface area (Å²) in [7, 11) is 0. The molecule has 1 aromatic carbocycles. The van der Waals surface area contributed by atoms with E-state index in [-0.39, 0.29) is 23.0 Å². The molecule has 1 aromatic heterocycles. The van der Waals surface area contributed by atoms with Gasteiger partial charge in [0.15, 0.2) is 0 Å². The highest BCUT2D eigenvalue weighted by Gasteiger charge is 2.24. The van der Waals surface area contributed by atoms with E-state index in [1.54, 1.807) is 18.3 Å². The maximum absolute atomic E-state index is 12.6. The van der Waals surface area contributed by atoms with Gasteiger partial charge in [0.1, 0.15) is 17.4 Å². The first-order valence-corrected chi connectivity index (χ1v) is 7.21. The lowest BCUT2D eigenvalue weighted by Gasteiger charge is -2.26. The molecule has 110 valence electrons. The lowest BCUT2D eigenvalue weighted by Crippen LogP contribution is -2.32. The first-order valence-electron chi connectivity index (χ1n) is 6.83. The summed E-state index contributed by atoms with van der Waals surface area (Å²) < 4.78 is 7.61. The highest BCUT2D eigenvalue weighted by Crippen LogP contribution is 2.33. The van der Waals surface area contributed by atoms with Crippen molar-refractivity contribution in [1.29, 1.82) is 0 Å². The van der Waals surface area contributed by atoms with E-state index in [0.29, 0.717) is 34.8 Å². The van der Waals surface area contributed by atoms with Crippen molar-refractivity contribution in [3.05, 3.63) is 39.1 Å². The van der Waals surface area contributed by atoms with Crippen LogP contribution in [0.25, 0.3) is 10.9 Å². The monoisotopic (exact) mass is 306 g/mol. The van der Waals surface area contributed by atoms with Gasteiger partial charge in [0.05, 0.1) is 22.5 Å². The van der Waals surface area contributed by atoms with Gasteiger partial charge in [-0.3, -0.25) is 9.59 Å². The molecule has 0 aliphatic carbocycles. The largest absolute Gasteiger partial charge is 0.487 e. The Labute approximate surface area is 126 Å². The van der Waals surface area contributed by atoms with Crippen LogP contribution >= 0.6 is 11.6 Å². The molecule has 1 atom stereocenters. The minimum absolute atomic E-state index is 0.0357. The minimum atomic E-state index is -0.381. The number of carbonyl (C=O) groups excluding carboxylic acids is 1. The van der Waals surface area contributed by atoms with Crippen molar-refractivity contribution in [3.63, 3.8) is 0 Å². The smallest absolute Gasteiger partial charge is 0.256 e. The summed E-state index contributed by atoms with van der Waals surface area (Å²) in [5, 5.41) is 3.32. The van der Waals surface area contributed by atoms with Gasteiger partial charge in [0.2, 0.25) is 5.43 Å². The Bertz CT molecular complexity index is 798. The van der Waals surface area contributed by atoms with Crippen molar-refractivity contribution in [3.8, 4) is 5.75 Å². The molecule has 0 unspecified atom stereocenters. The van der Waals surface area contributed by atoms with Crippen LogP contribution in [0.15, 0.2) is 23.1 Å². The summed E-state index contributed by atoms with van der Waals surface area (Å²) in [6, 6.07) is 3.38. The van der Waals surface area contributed by atoms with E-state index in [9.17, 15) is 9.59 Å². The number of rotatable bonds is 2. The Morgan fingerprint density at radius 2 is 2.29 bits per heavy atom. The predicted octanol–water partition coefficient (Wildman–Crippen LogP) is 2.19. The summed E-state index contributed by atoms with van der Waals surface area (Å²) in [5.41, 5.74) is 0.397. The van der Waals surface area contributed by atoms with E-state index >= 15 is 0 Å². The third kappa shape index (κ3) is 2.17. The van der Waals surface area contributed by atoms with E-state index in [1.165, 1.54) is 0 Å². The number of aromatic nitrogens is 1. The zero-order valence-electron chi connectivity index (χ0n) is 11.8. The standard InChI is InChI=1S/C15H15ClN2O3/c1-3-17-15(20)9-7-18-6-8(2)21-11-5-4-10(16)12(13(11)18)14(9)19/h4-5,7-8H,3,6H2,1-2H3,(H,17,20)/t8-/m1/s1. The summed E-state index contributed by atoms with van der Waals surface area (Å²) in [5.74, 6) is 0.237. The second kappa shape index (κ2) is 5.07. The van der Waals surface area contributed by atoms with Gasteiger partial charge in [-0.25, -0.2) is 0 Å². The SMILES string of the molecule is CCNC(=O)c1cn2c3c(ccc(Cl)c3c1=O)O[C@H](C)C2.